The first-order chi connectivity index (χ1) is 5.57. The van der Waals surface area contributed by atoms with Crippen LogP contribution in [0.4, 0.5) is 0 Å². The van der Waals surface area contributed by atoms with Gasteiger partial charge in [-0.15, -0.1) is 0 Å². The van der Waals surface area contributed by atoms with Gasteiger partial charge in [-0.3, -0.25) is 4.79 Å². The summed E-state index contributed by atoms with van der Waals surface area (Å²) in [4.78, 5) is 11.3. The summed E-state index contributed by atoms with van der Waals surface area (Å²) in [6, 6.07) is 2.02. The molecule has 0 saturated carbocycles. The number of hydrogen-bond donors (Lipinski definition) is 0. The summed E-state index contributed by atoms with van der Waals surface area (Å²) >= 11 is 0. The molecule has 0 aliphatic heterocycles. The number of aryl methyl sites for hydroxylation is 2. The number of hydrogen-bond acceptors (Lipinski definition) is 2. The van der Waals surface area contributed by atoms with Crippen LogP contribution in [0.1, 0.15) is 16.7 Å². The van der Waals surface area contributed by atoms with E-state index in [2.05, 4.69) is 0 Å². The first-order valence-corrected chi connectivity index (χ1v) is 3.65. The Hall–Kier alpha value is -1.56. The largest absolute Gasteiger partial charge is 0.318 e. The van der Waals surface area contributed by atoms with Crippen molar-refractivity contribution in [2.45, 2.75) is 13.8 Å². The molecule has 1 aromatic rings. The molecule has 0 N–H and O–H groups in total. The summed E-state index contributed by atoms with van der Waals surface area (Å²) in [7, 11) is 1.68. The van der Waals surface area contributed by atoms with Crippen LogP contribution in [0.15, 0.2) is 11.0 Å². The summed E-state index contributed by atoms with van der Waals surface area (Å²) in [5.41, 5.74) is 1.77. The van der Waals surface area contributed by atoms with E-state index in [1.807, 2.05) is 13.0 Å². The third-order valence-electron chi connectivity index (χ3n) is 1.91. The van der Waals surface area contributed by atoms with Crippen molar-refractivity contribution in [2.24, 2.45) is 7.05 Å². The lowest BCUT2D eigenvalue weighted by atomic mass is 10.1. The van der Waals surface area contributed by atoms with E-state index < -0.39 is 0 Å². The van der Waals surface area contributed by atoms with E-state index in [1.54, 1.807) is 20.2 Å². The van der Waals surface area contributed by atoms with Crippen LogP contribution in [0.2, 0.25) is 0 Å². The van der Waals surface area contributed by atoms with Crippen LogP contribution in [-0.4, -0.2) is 4.57 Å². The molecule has 0 spiro atoms. The highest BCUT2D eigenvalue weighted by Gasteiger charge is 2.06. The first-order valence-electron chi connectivity index (χ1n) is 3.65. The lowest BCUT2D eigenvalue weighted by molar-refractivity contribution is 0.837. The summed E-state index contributed by atoms with van der Waals surface area (Å²) in [5.74, 6) is 0. The molecule has 1 aromatic heterocycles. The average molecular weight is 162 g/mol. The van der Waals surface area contributed by atoms with Gasteiger partial charge in [0.2, 0.25) is 0 Å². The van der Waals surface area contributed by atoms with Gasteiger partial charge < -0.3 is 4.57 Å². The smallest absolute Gasteiger partial charge is 0.254 e. The Kier molecular flexibility index (Phi) is 2.01. The van der Waals surface area contributed by atoms with Gasteiger partial charge in [-0.1, -0.05) is 0 Å². The molecular formula is C9H10N2O. The van der Waals surface area contributed by atoms with Crippen LogP contribution in [-0.2, 0) is 7.05 Å². The summed E-state index contributed by atoms with van der Waals surface area (Å²) < 4.78 is 1.49. The number of rotatable bonds is 0. The second-order valence-corrected chi connectivity index (χ2v) is 2.84. The maximum Gasteiger partial charge on any atom is 0.254 e. The quantitative estimate of drug-likeness (QED) is 0.568. The predicted molar refractivity (Wildman–Crippen MR) is 45.9 cm³/mol. The first kappa shape index (κ1) is 8.54. The van der Waals surface area contributed by atoms with Gasteiger partial charge in [0.1, 0.15) is 0 Å². The van der Waals surface area contributed by atoms with Crippen molar-refractivity contribution in [1.82, 2.24) is 4.57 Å². The highest BCUT2D eigenvalue weighted by molar-refractivity contribution is 5.40. The van der Waals surface area contributed by atoms with Crippen molar-refractivity contribution in [2.75, 3.05) is 0 Å². The normalized spacial score (nSPS) is 9.50. The molecule has 12 heavy (non-hydrogen) atoms. The molecule has 0 aromatic carbocycles. The van der Waals surface area contributed by atoms with Crippen LogP contribution in [0.3, 0.4) is 0 Å². The Morgan fingerprint density at radius 3 is 2.58 bits per heavy atom. The molecule has 1 rings (SSSR count). The Bertz CT molecular complexity index is 410. The van der Waals surface area contributed by atoms with Crippen LogP contribution >= 0.6 is 0 Å². The van der Waals surface area contributed by atoms with Gasteiger partial charge in [-0.2, -0.15) is 5.26 Å². The molecule has 62 valence electrons. The summed E-state index contributed by atoms with van der Waals surface area (Å²) in [5, 5.41) is 8.72. The van der Waals surface area contributed by atoms with Gasteiger partial charge in [0.05, 0.1) is 11.6 Å². The topological polar surface area (TPSA) is 45.8 Å². The van der Waals surface area contributed by atoms with E-state index in [9.17, 15) is 4.79 Å². The Morgan fingerprint density at radius 1 is 1.50 bits per heavy atom. The minimum absolute atomic E-state index is 0.0999. The molecule has 0 amide bonds. The number of nitriles is 1. The number of nitrogens with zero attached hydrogens (tertiary/aromatic N) is 2. The standard InChI is InChI=1S/C9H10N2O/c1-6-5-11(3)9(12)7(2)8(6)4-10/h5H,1-3H3. The van der Waals surface area contributed by atoms with Gasteiger partial charge in [0.25, 0.3) is 5.56 Å². The highest BCUT2D eigenvalue weighted by Crippen LogP contribution is 2.06. The van der Waals surface area contributed by atoms with Crippen molar-refractivity contribution in [3.63, 3.8) is 0 Å². The molecule has 0 fully saturated rings. The van der Waals surface area contributed by atoms with E-state index in [0.717, 1.165) is 5.56 Å². The summed E-state index contributed by atoms with van der Waals surface area (Å²) in [6.07, 6.45) is 1.67. The third kappa shape index (κ3) is 1.12. The van der Waals surface area contributed by atoms with Gasteiger partial charge in [0, 0.05) is 18.8 Å². The number of pyridine rings is 1. The molecule has 0 aliphatic carbocycles. The number of aromatic nitrogens is 1. The van der Waals surface area contributed by atoms with Crippen LogP contribution in [0.5, 0.6) is 0 Å². The highest BCUT2D eigenvalue weighted by atomic mass is 16.1. The average Bonchev–Trinajstić information content (AvgIpc) is 2.01. The molecule has 0 atom stereocenters. The molecule has 0 saturated heterocycles. The van der Waals surface area contributed by atoms with E-state index in [4.69, 9.17) is 5.26 Å². The van der Waals surface area contributed by atoms with E-state index in [0.29, 0.717) is 11.1 Å². The summed E-state index contributed by atoms with van der Waals surface area (Å²) in [6.45, 7) is 3.50. The maximum atomic E-state index is 11.3. The SMILES string of the molecule is Cc1cn(C)c(=O)c(C)c1C#N. The molecule has 0 radical (unpaired) electrons. The minimum Gasteiger partial charge on any atom is -0.318 e. The van der Waals surface area contributed by atoms with Gasteiger partial charge in [0.15, 0.2) is 0 Å². The van der Waals surface area contributed by atoms with Gasteiger partial charge in [-0.05, 0) is 19.4 Å². The van der Waals surface area contributed by atoms with Crippen molar-refractivity contribution < 1.29 is 0 Å². The molecule has 0 aliphatic rings. The monoisotopic (exact) mass is 162 g/mol. The predicted octanol–water partition coefficient (Wildman–Crippen LogP) is 0.874. The third-order valence-corrected chi connectivity index (χ3v) is 1.91. The Morgan fingerprint density at radius 2 is 2.08 bits per heavy atom. The fourth-order valence-corrected chi connectivity index (χ4v) is 1.25. The van der Waals surface area contributed by atoms with Crippen LogP contribution in [0.25, 0.3) is 0 Å². The lowest BCUT2D eigenvalue weighted by Gasteiger charge is -2.04. The fraction of sp³-hybridized carbons (Fsp3) is 0.333. The van der Waals surface area contributed by atoms with Crippen molar-refractivity contribution in [1.29, 1.82) is 5.26 Å². The van der Waals surface area contributed by atoms with Crippen LogP contribution in [0, 0.1) is 25.2 Å². The van der Waals surface area contributed by atoms with Crippen molar-refractivity contribution >= 4 is 0 Å². The van der Waals surface area contributed by atoms with E-state index >= 15 is 0 Å². The molecule has 0 unspecified atom stereocenters. The Balaban J connectivity index is 3.66. The van der Waals surface area contributed by atoms with E-state index in [1.165, 1.54) is 4.57 Å². The lowest BCUT2D eigenvalue weighted by Crippen LogP contribution is -2.20. The maximum absolute atomic E-state index is 11.3. The van der Waals surface area contributed by atoms with Crippen LogP contribution < -0.4 is 5.56 Å². The van der Waals surface area contributed by atoms with Crippen molar-refractivity contribution in [3.05, 3.63) is 33.2 Å². The molecule has 3 heteroatoms. The van der Waals surface area contributed by atoms with Gasteiger partial charge in [-0.25, -0.2) is 0 Å². The zero-order valence-corrected chi connectivity index (χ0v) is 7.38. The molecule has 1 heterocycles. The zero-order chi connectivity index (χ0) is 9.30. The second-order valence-electron chi connectivity index (χ2n) is 2.84. The Labute approximate surface area is 70.9 Å². The molecule has 0 bridgehead atoms. The van der Waals surface area contributed by atoms with Crippen molar-refractivity contribution in [3.8, 4) is 6.07 Å². The fourth-order valence-electron chi connectivity index (χ4n) is 1.25. The zero-order valence-electron chi connectivity index (χ0n) is 7.38. The second kappa shape index (κ2) is 2.82. The van der Waals surface area contributed by atoms with E-state index in [-0.39, 0.29) is 5.56 Å². The molecule has 3 nitrogen and oxygen atoms in total. The molecular weight excluding hydrogens is 152 g/mol. The van der Waals surface area contributed by atoms with Gasteiger partial charge >= 0.3 is 0 Å². The minimum atomic E-state index is -0.0999.